The second kappa shape index (κ2) is 6.79. The van der Waals surface area contributed by atoms with Gasteiger partial charge in [-0.2, -0.15) is 0 Å². The van der Waals surface area contributed by atoms with Crippen LogP contribution in [-0.2, 0) is 4.79 Å². The predicted octanol–water partition coefficient (Wildman–Crippen LogP) is 3.72. The third-order valence-corrected chi connectivity index (χ3v) is 4.33. The van der Waals surface area contributed by atoms with Gasteiger partial charge >= 0.3 is 0 Å². The van der Waals surface area contributed by atoms with Gasteiger partial charge in [0.2, 0.25) is 5.91 Å². The summed E-state index contributed by atoms with van der Waals surface area (Å²) in [5, 5.41) is 13.9. The minimum atomic E-state index is -0.889. The highest BCUT2D eigenvalue weighted by molar-refractivity contribution is 6.34. The molecule has 0 aliphatic heterocycles. The van der Waals surface area contributed by atoms with Gasteiger partial charge in [0.25, 0.3) is 0 Å². The van der Waals surface area contributed by atoms with Crippen LogP contribution < -0.4 is 5.32 Å². The number of aliphatic hydroxyl groups is 1. The Morgan fingerprint density at radius 1 is 1.35 bits per heavy atom. The smallest absolute Gasteiger partial charge is 0.223 e. The fourth-order valence-corrected chi connectivity index (χ4v) is 2.97. The zero-order chi connectivity index (χ0) is 14.7. The van der Waals surface area contributed by atoms with Crippen molar-refractivity contribution in [3.8, 4) is 0 Å². The number of halogens is 2. The number of hydrogen-bond acceptors (Lipinski definition) is 2. The van der Waals surface area contributed by atoms with Crippen molar-refractivity contribution in [3.05, 3.63) is 33.8 Å². The van der Waals surface area contributed by atoms with Gasteiger partial charge in [0.05, 0.1) is 12.5 Å². The molecule has 1 aliphatic carbocycles. The van der Waals surface area contributed by atoms with E-state index in [0.717, 1.165) is 0 Å². The Bertz CT molecular complexity index is 469. The maximum atomic E-state index is 11.9. The van der Waals surface area contributed by atoms with E-state index in [-0.39, 0.29) is 18.4 Å². The fourth-order valence-electron chi connectivity index (χ4n) is 2.43. The molecule has 1 aliphatic rings. The van der Waals surface area contributed by atoms with E-state index in [0.29, 0.717) is 21.5 Å². The van der Waals surface area contributed by atoms with Crippen LogP contribution in [0, 0.1) is 5.92 Å². The molecule has 2 rings (SSSR count). The number of benzene rings is 1. The van der Waals surface area contributed by atoms with Crippen LogP contribution in [0.25, 0.3) is 0 Å². The molecule has 3 nitrogen and oxygen atoms in total. The van der Waals surface area contributed by atoms with Gasteiger partial charge in [-0.1, -0.05) is 29.6 Å². The maximum Gasteiger partial charge on any atom is 0.223 e. The standard InChI is InChI=1S/C15H19Cl2NO2/c1-9(10-3-2-4-10)18-15(20)8-14(19)11-5-12(16)7-13(17)6-11/h5-7,9-10,14,19H,2-4,8H2,1H3,(H,18,20). The van der Waals surface area contributed by atoms with E-state index >= 15 is 0 Å². The molecule has 20 heavy (non-hydrogen) atoms. The largest absolute Gasteiger partial charge is 0.388 e. The summed E-state index contributed by atoms with van der Waals surface area (Å²) in [6, 6.07) is 5.02. The summed E-state index contributed by atoms with van der Waals surface area (Å²) in [5.74, 6) is 0.435. The first-order valence-corrected chi connectivity index (χ1v) is 7.64. The third kappa shape index (κ3) is 4.11. The van der Waals surface area contributed by atoms with E-state index in [9.17, 15) is 9.90 Å². The van der Waals surface area contributed by atoms with Gasteiger partial charge in [-0.3, -0.25) is 4.79 Å². The van der Waals surface area contributed by atoms with Crippen molar-refractivity contribution in [2.45, 2.75) is 44.8 Å². The number of nitrogens with one attached hydrogen (secondary N) is 1. The SMILES string of the molecule is CC(NC(=O)CC(O)c1cc(Cl)cc(Cl)c1)C1CCC1. The number of hydrogen-bond donors (Lipinski definition) is 2. The quantitative estimate of drug-likeness (QED) is 0.870. The average molecular weight is 316 g/mol. The summed E-state index contributed by atoms with van der Waals surface area (Å²) in [6.45, 7) is 2.02. The lowest BCUT2D eigenvalue weighted by atomic mass is 9.80. The van der Waals surface area contributed by atoms with Crippen LogP contribution in [0.5, 0.6) is 0 Å². The molecule has 0 radical (unpaired) electrons. The Morgan fingerprint density at radius 2 is 1.95 bits per heavy atom. The monoisotopic (exact) mass is 315 g/mol. The lowest BCUT2D eigenvalue weighted by Gasteiger charge is -2.32. The zero-order valence-corrected chi connectivity index (χ0v) is 12.9. The van der Waals surface area contributed by atoms with Crippen LogP contribution in [0.3, 0.4) is 0 Å². The Kier molecular flexibility index (Phi) is 5.30. The first-order chi connectivity index (χ1) is 9.45. The summed E-state index contributed by atoms with van der Waals surface area (Å²) in [5.41, 5.74) is 0.564. The summed E-state index contributed by atoms with van der Waals surface area (Å²) >= 11 is 11.8. The Balaban J connectivity index is 1.89. The van der Waals surface area contributed by atoms with Crippen molar-refractivity contribution in [3.63, 3.8) is 0 Å². The van der Waals surface area contributed by atoms with Gasteiger partial charge < -0.3 is 10.4 Å². The molecule has 0 heterocycles. The van der Waals surface area contributed by atoms with E-state index in [1.807, 2.05) is 6.92 Å². The van der Waals surface area contributed by atoms with E-state index in [2.05, 4.69) is 5.32 Å². The number of carbonyl (C=O) groups is 1. The summed E-state index contributed by atoms with van der Waals surface area (Å²) in [6.07, 6.45) is 2.73. The molecule has 1 amide bonds. The molecule has 5 heteroatoms. The molecule has 2 unspecified atom stereocenters. The Labute approximate surface area is 129 Å². The summed E-state index contributed by atoms with van der Waals surface area (Å²) in [7, 11) is 0. The van der Waals surface area contributed by atoms with E-state index < -0.39 is 6.10 Å². The van der Waals surface area contributed by atoms with Crippen LogP contribution in [0.15, 0.2) is 18.2 Å². The van der Waals surface area contributed by atoms with E-state index in [4.69, 9.17) is 23.2 Å². The molecule has 2 N–H and O–H groups in total. The maximum absolute atomic E-state index is 11.9. The van der Waals surface area contributed by atoms with Gasteiger partial charge in [0.1, 0.15) is 0 Å². The lowest BCUT2D eigenvalue weighted by Crippen LogP contribution is -2.41. The average Bonchev–Trinajstić information content (AvgIpc) is 2.24. The molecule has 1 aromatic rings. The topological polar surface area (TPSA) is 49.3 Å². The number of rotatable bonds is 5. The molecule has 110 valence electrons. The molecule has 0 bridgehead atoms. The second-order valence-corrected chi connectivity index (χ2v) is 6.34. The van der Waals surface area contributed by atoms with Crippen molar-refractivity contribution in [2.24, 2.45) is 5.92 Å². The molecular weight excluding hydrogens is 297 g/mol. The lowest BCUT2D eigenvalue weighted by molar-refractivity contribution is -0.124. The fraction of sp³-hybridized carbons (Fsp3) is 0.533. The molecule has 1 saturated carbocycles. The van der Waals surface area contributed by atoms with Crippen molar-refractivity contribution in [1.29, 1.82) is 0 Å². The highest BCUT2D eigenvalue weighted by Gasteiger charge is 2.25. The van der Waals surface area contributed by atoms with Gasteiger partial charge in [-0.05, 0) is 49.4 Å². The predicted molar refractivity (Wildman–Crippen MR) is 81.0 cm³/mol. The van der Waals surface area contributed by atoms with Gasteiger partial charge in [0.15, 0.2) is 0 Å². The minimum absolute atomic E-state index is 0.0216. The van der Waals surface area contributed by atoms with Crippen LogP contribution >= 0.6 is 23.2 Å². The number of amides is 1. The Morgan fingerprint density at radius 3 is 2.45 bits per heavy atom. The highest BCUT2D eigenvalue weighted by atomic mass is 35.5. The minimum Gasteiger partial charge on any atom is -0.388 e. The third-order valence-electron chi connectivity index (χ3n) is 3.89. The van der Waals surface area contributed by atoms with Crippen LogP contribution in [0.2, 0.25) is 10.0 Å². The zero-order valence-electron chi connectivity index (χ0n) is 11.4. The summed E-state index contributed by atoms with van der Waals surface area (Å²) in [4.78, 5) is 11.9. The first-order valence-electron chi connectivity index (χ1n) is 6.89. The van der Waals surface area contributed by atoms with Crippen LogP contribution in [0.4, 0.5) is 0 Å². The molecule has 1 aromatic carbocycles. The first kappa shape index (κ1) is 15.6. The van der Waals surface area contributed by atoms with Crippen LogP contribution in [0.1, 0.15) is 44.3 Å². The summed E-state index contributed by atoms with van der Waals surface area (Å²) < 4.78 is 0. The molecular formula is C15H19Cl2NO2. The van der Waals surface area contributed by atoms with Crippen molar-refractivity contribution in [2.75, 3.05) is 0 Å². The molecule has 0 saturated heterocycles. The van der Waals surface area contributed by atoms with Crippen molar-refractivity contribution in [1.82, 2.24) is 5.32 Å². The normalized spacial score (nSPS) is 18.2. The van der Waals surface area contributed by atoms with E-state index in [1.54, 1.807) is 18.2 Å². The van der Waals surface area contributed by atoms with Gasteiger partial charge in [-0.15, -0.1) is 0 Å². The van der Waals surface area contributed by atoms with E-state index in [1.165, 1.54) is 19.3 Å². The van der Waals surface area contributed by atoms with Crippen molar-refractivity contribution >= 4 is 29.1 Å². The highest BCUT2D eigenvalue weighted by Crippen LogP contribution is 2.30. The molecule has 0 spiro atoms. The van der Waals surface area contributed by atoms with Gasteiger partial charge in [0, 0.05) is 16.1 Å². The van der Waals surface area contributed by atoms with Gasteiger partial charge in [-0.25, -0.2) is 0 Å². The Hall–Kier alpha value is -0.770. The second-order valence-electron chi connectivity index (χ2n) is 5.47. The number of carbonyl (C=O) groups excluding carboxylic acids is 1. The number of aliphatic hydroxyl groups excluding tert-OH is 1. The molecule has 0 aromatic heterocycles. The molecule has 1 fully saturated rings. The van der Waals surface area contributed by atoms with Crippen molar-refractivity contribution < 1.29 is 9.90 Å². The van der Waals surface area contributed by atoms with Crippen LogP contribution in [-0.4, -0.2) is 17.1 Å². The molecule has 2 atom stereocenters.